The van der Waals surface area contributed by atoms with Crippen LogP contribution in [0.4, 0.5) is 11.4 Å². The Labute approximate surface area is 84.2 Å². The first-order chi connectivity index (χ1) is 6.97. The predicted octanol–water partition coefficient (Wildman–Crippen LogP) is 0.0470. The van der Waals surface area contributed by atoms with Crippen molar-refractivity contribution in [3.8, 4) is 11.5 Å². The van der Waals surface area contributed by atoms with Gasteiger partial charge in [-0.1, -0.05) is 5.75 Å². The van der Waals surface area contributed by atoms with Gasteiger partial charge in [-0.25, -0.2) is 0 Å². The van der Waals surface area contributed by atoms with E-state index < -0.39 is 22.4 Å². The molecule has 0 radical (unpaired) electrons. The van der Waals surface area contributed by atoms with Crippen molar-refractivity contribution in [1.82, 2.24) is 0 Å². The number of methoxy groups -OCH3 is 1. The molecule has 0 atom stereocenters. The summed E-state index contributed by atoms with van der Waals surface area (Å²) in [5, 5.41) is 46.8. The van der Waals surface area contributed by atoms with Crippen LogP contribution in [0.1, 0.15) is 0 Å². The van der Waals surface area contributed by atoms with Gasteiger partial charge < -0.3 is 20.3 Å². The van der Waals surface area contributed by atoms with Crippen molar-refractivity contribution in [1.29, 1.82) is 0 Å². The van der Waals surface area contributed by atoms with Gasteiger partial charge in [0, 0.05) is 0 Å². The van der Waals surface area contributed by atoms with Gasteiger partial charge in [-0.05, 0) is 12.1 Å². The lowest BCUT2D eigenvalue weighted by Gasteiger charge is -2.26. The van der Waals surface area contributed by atoms with E-state index in [1.807, 2.05) is 0 Å². The highest BCUT2D eigenvalue weighted by Crippen LogP contribution is 2.37. The number of anilines is 2. The molecular formula is C7H8N2O6-2. The Morgan fingerprint density at radius 1 is 1.27 bits per heavy atom. The van der Waals surface area contributed by atoms with Crippen LogP contribution in [0.25, 0.3) is 0 Å². The van der Waals surface area contributed by atoms with Crippen molar-refractivity contribution in [2.24, 2.45) is 0 Å². The van der Waals surface area contributed by atoms with Crippen LogP contribution in [-0.2, 0) is 0 Å². The molecule has 1 aromatic carbocycles. The molecule has 8 nitrogen and oxygen atoms in total. The van der Waals surface area contributed by atoms with Gasteiger partial charge in [-0.15, -0.1) is 5.23 Å². The van der Waals surface area contributed by atoms with Crippen molar-refractivity contribution in [2.45, 2.75) is 0 Å². The number of nitrogens with zero attached hydrogens (tertiary/aromatic N) is 2. The number of benzene rings is 1. The van der Waals surface area contributed by atoms with E-state index in [2.05, 4.69) is 4.74 Å². The lowest BCUT2D eigenvalue weighted by Crippen LogP contribution is -2.15. The molecule has 0 amide bonds. The maximum Gasteiger partial charge on any atom is 0.139 e. The molecule has 0 saturated heterocycles. The minimum atomic E-state index is -0.770. The summed E-state index contributed by atoms with van der Waals surface area (Å²) in [6.07, 6.45) is 0. The van der Waals surface area contributed by atoms with E-state index >= 15 is 0 Å². The summed E-state index contributed by atoms with van der Waals surface area (Å²) < 4.78 is 4.60. The fraction of sp³-hybridized carbons (Fsp3) is 0.143. The van der Waals surface area contributed by atoms with Crippen LogP contribution in [0.2, 0.25) is 0 Å². The maximum absolute atomic E-state index is 11.3. The molecule has 0 spiro atoms. The molecular weight excluding hydrogens is 208 g/mol. The topological polar surface area (TPSA) is 123 Å². The summed E-state index contributed by atoms with van der Waals surface area (Å²) in [4.78, 5) is 0. The third-order valence-corrected chi connectivity index (χ3v) is 1.66. The first kappa shape index (κ1) is 11.3. The van der Waals surface area contributed by atoms with Crippen LogP contribution in [0.15, 0.2) is 12.1 Å². The molecule has 3 N–H and O–H groups in total. The average molecular weight is 216 g/mol. The molecule has 0 aromatic heterocycles. The van der Waals surface area contributed by atoms with Gasteiger partial charge in [0.2, 0.25) is 0 Å². The second-order valence-corrected chi connectivity index (χ2v) is 2.56. The van der Waals surface area contributed by atoms with Gasteiger partial charge in [0.1, 0.15) is 11.4 Å². The zero-order valence-corrected chi connectivity index (χ0v) is 7.62. The Kier molecular flexibility index (Phi) is 3.17. The van der Waals surface area contributed by atoms with Gasteiger partial charge >= 0.3 is 0 Å². The van der Waals surface area contributed by atoms with E-state index in [9.17, 15) is 10.3 Å². The van der Waals surface area contributed by atoms with Crippen LogP contribution in [0.3, 0.4) is 0 Å². The molecule has 0 aliphatic carbocycles. The Morgan fingerprint density at radius 2 is 1.87 bits per heavy atom. The van der Waals surface area contributed by atoms with E-state index in [1.54, 1.807) is 0 Å². The number of hydrogen-bond acceptors (Lipinski definition) is 8. The highest BCUT2D eigenvalue weighted by atomic mass is 16.8. The van der Waals surface area contributed by atoms with Crippen molar-refractivity contribution < 1.29 is 25.5 Å². The summed E-state index contributed by atoms with van der Waals surface area (Å²) in [6.45, 7) is 0. The predicted molar refractivity (Wildman–Crippen MR) is 46.1 cm³/mol. The van der Waals surface area contributed by atoms with E-state index in [1.165, 1.54) is 0 Å². The molecule has 0 unspecified atom stereocenters. The van der Waals surface area contributed by atoms with E-state index in [0.717, 1.165) is 19.2 Å². The third-order valence-electron chi connectivity index (χ3n) is 1.66. The summed E-state index contributed by atoms with van der Waals surface area (Å²) >= 11 is 0. The first-order valence-corrected chi connectivity index (χ1v) is 3.70. The second kappa shape index (κ2) is 4.19. The molecule has 15 heavy (non-hydrogen) atoms. The number of hydrogen-bond donors (Lipinski definition) is 3. The number of ether oxygens (including phenoxy) is 1. The summed E-state index contributed by atoms with van der Waals surface area (Å²) in [5.41, 5.74) is -0.890. The Bertz CT molecular complexity index is 354. The SMILES string of the molecule is COc1c([O-])cc(N([O-])O)cc1N(O)O. The fourth-order valence-corrected chi connectivity index (χ4v) is 1.04. The lowest BCUT2D eigenvalue weighted by molar-refractivity contribution is -0.270. The van der Waals surface area contributed by atoms with Crippen LogP contribution in [-0.4, -0.2) is 22.7 Å². The molecule has 1 rings (SSSR count). The molecule has 1 aromatic rings. The monoisotopic (exact) mass is 216 g/mol. The molecule has 0 aliphatic heterocycles. The van der Waals surface area contributed by atoms with Crippen molar-refractivity contribution in [2.75, 3.05) is 17.6 Å². The zero-order valence-electron chi connectivity index (χ0n) is 7.62. The van der Waals surface area contributed by atoms with Crippen LogP contribution in [0, 0.1) is 5.21 Å². The van der Waals surface area contributed by atoms with Crippen molar-refractivity contribution in [3.63, 3.8) is 0 Å². The normalized spacial score (nSPS) is 9.93. The van der Waals surface area contributed by atoms with E-state index in [4.69, 9.17) is 15.6 Å². The largest absolute Gasteiger partial charge is 0.870 e. The molecule has 8 heteroatoms. The molecule has 84 valence electrons. The molecule has 0 heterocycles. The molecule has 0 bridgehead atoms. The Hall–Kier alpha value is -1.74. The van der Waals surface area contributed by atoms with Crippen LogP contribution >= 0.6 is 0 Å². The minimum absolute atomic E-state index is 0.356. The Morgan fingerprint density at radius 3 is 2.27 bits per heavy atom. The lowest BCUT2D eigenvalue weighted by atomic mass is 10.2. The van der Waals surface area contributed by atoms with Gasteiger partial charge in [0.25, 0.3) is 0 Å². The smallest absolute Gasteiger partial charge is 0.139 e. The maximum atomic E-state index is 11.3. The average Bonchev–Trinajstić information content (AvgIpc) is 2.16. The third kappa shape index (κ3) is 2.19. The molecule has 0 fully saturated rings. The second-order valence-electron chi connectivity index (χ2n) is 2.56. The summed E-state index contributed by atoms with van der Waals surface area (Å²) in [5.74, 6) is -1.13. The van der Waals surface area contributed by atoms with Crippen LogP contribution in [0.5, 0.6) is 11.5 Å². The van der Waals surface area contributed by atoms with E-state index in [-0.39, 0.29) is 11.0 Å². The standard InChI is InChI=1S/C7H9N2O6/c1-15-7-5(9(13)14)2-4(8(11)12)3-6(7)10/h2-3,10-11,13-14H,1H3/q-1/p-1. The number of rotatable bonds is 3. The van der Waals surface area contributed by atoms with Gasteiger partial charge in [0.05, 0.1) is 12.8 Å². The Balaban J connectivity index is 3.32. The highest BCUT2D eigenvalue weighted by Gasteiger charge is 2.11. The highest BCUT2D eigenvalue weighted by molar-refractivity contribution is 5.69. The van der Waals surface area contributed by atoms with E-state index in [0.29, 0.717) is 0 Å². The first-order valence-electron chi connectivity index (χ1n) is 3.70. The summed E-state index contributed by atoms with van der Waals surface area (Å²) in [6, 6.07) is 1.66. The minimum Gasteiger partial charge on any atom is -0.870 e. The molecule has 0 aliphatic rings. The van der Waals surface area contributed by atoms with Crippen LogP contribution < -0.4 is 20.3 Å². The fourth-order valence-electron chi connectivity index (χ4n) is 1.04. The van der Waals surface area contributed by atoms with Gasteiger partial charge in [-0.2, -0.15) is 0 Å². The van der Waals surface area contributed by atoms with Gasteiger partial charge in [-0.3, -0.25) is 15.6 Å². The van der Waals surface area contributed by atoms with Crippen molar-refractivity contribution >= 4 is 11.4 Å². The quantitative estimate of drug-likeness (QED) is 0.605. The summed E-state index contributed by atoms with van der Waals surface area (Å²) in [7, 11) is 1.15. The zero-order chi connectivity index (χ0) is 11.6. The molecule has 0 saturated carbocycles. The van der Waals surface area contributed by atoms with Crippen molar-refractivity contribution in [3.05, 3.63) is 17.3 Å². The van der Waals surface area contributed by atoms with Gasteiger partial charge in [0.15, 0.2) is 0 Å².